The molecule has 0 aliphatic carbocycles. The van der Waals surface area contributed by atoms with Crippen molar-refractivity contribution in [3.63, 3.8) is 0 Å². The van der Waals surface area contributed by atoms with Crippen LogP contribution >= 0.6 is 11.6 Å². The van der Waals surface area contributed by atoms with Gasteiger partial charge in [0.15, 0.2) is 0 Å². The van der Waals surface area contributed by atoms with Gasteiger partial charge in [0, 0.05) is 60.1 Å². The zero-order chi connectivity index (χ0) is 26.6. The van der Waals surface area contributed by atoms with E-state index in [2.05, 4.69) is 20.3 Å². The monoisotopic (exact) mass is 525 g/mol. The number of hydrogen-bond donors (Lipinski definition) is 2. The molecule has 1 aromatic carbocycles. The number of H-pyrrole nitrogens is 1. The number of nitrogens with zero attached hydrogens (tertiary/aromatic N) is 5. The summed E-state index contributed by atoms with van der Waals surface area (Å²) >= 11 is 6.15. The van der Waals surface area contributed by atoms with Crippen LogP contribution in [0, 0.1) is 0 Å². The lowest BCUT2D eigenvalue weighted by Crippen LogP contribution is -2.41. The van der Waals surface area contributed by atoms with Crippen molar-refractivity contribution in [2.75, 3.05) is 45.6 Å². The normalized spacial score (nSPS) is 14.7. The van der Waals surface area contributed by atoms with E-state index in [1.165, 1.54) is 0 Å². The molecule has 3 aromatic rings. The third-order valence-corrected chi connectivity index (χ3v) is 6.47. The Morgan fingerprint density at radius 3 is 2.54 bits per heavy atom. The fraction of sp³-hybridized carbons (Fsp3) is 0.481. The smallest absolute Gasteiger partial charge is 0.410 e. The highest BCUT2D eigenvalue weighted by molar-refractivity contribution is 6.30. The van der Waals surface area contributed by atoms with E-state index in [1.807, 2.05) is 65.2 Å². The minimum absolute atomic E-state index is 0.197. The number of aromatic nitrogens is 4. The van der Waals surface area contributed by atoms with Gasteiger partial charge >= 0.3 is 6.09 Å². The van der Waals surface area contributed by atoms with Crippen LogP contribution in [0.5, 0.6) is 0 Å². The van der Waals surface area contributed by atoms with Gasteiger partial charge in [-0.15, -0.1) is 0 Å². The van der Waals surface area contributed by atoms with Crippen molar-refractivity contribution in [1.82, 2.24) is 30.0 Å². The topological polar surface area (TPSA) is 99.3 Å². The third kappa shape index (κ3) is 6.99. The second-order valence-electron chi connectivity index (χ2n) is 10.6. The van der Waals surface area contributed by atoms with Crippen molar-refractivity contribution >= 4 is 23.6 Å². The van der Waals surface area contributed by atoms with Gasteiger partial charge in [0.05, 0.1) is 5.69 Å². The lowest BCUT2D eigenvalue weighted by molar-refractivity contribution is 0.0204. The Bertz CT molecular complexity index is 1200. The molecular formula is C27H36ClN7O2. The van der Waals surface area contributed by atoms with E-state index in [-0.39, 0.29) is 12.0 Å². The average Bonchev–Trinajstić information content (AvgIpc) is 3.29. The molecule has 1 fully saturated rings. The lowest BCUT2D eigenvalue weighted by Gasteiger charge is -2.33. The maximum Gasteiger partial charge on any atom is 0.410 e. The van der Waals surface area contributed by atoms with Gasteiger partial charge in [-0.2, -0.15) is 5.10 Å². The van der Waals surface area contributed by atoms with Crippen LogP contribution in [0.1, 0.15) is 45.2 Å². The molecule has 198 valence electrons. The van der Waals surface area contributed by atoms with Gasteiger partial charge in [-0.05, 0) is 65.9 Å². The number of nitrogens with one attached hydrogen (secondary N) is 2. The van der Waals surface area contributed by atoms with Crippen LogP contribution in [0.15, 0.2) is 36.5 Å². The molecule has 0 saturated carbocycles. The summed E-state index contributed by atoms with van der Waals surface area (Å²) in [5, 5.41) is 12.0. The number of anilines is 1. The van der Waals surface area contributed by atoms with Crippen LogP contribution < -0.4 is 5.32 Å². The second-order valence-corrected chi connectivity index (χ2v) is 11.0. The highest BCUT2D eigenvalue weighted by atomic mass is 35.5. The van der Waals surface area contributed by atoms with Gasteiger partial charge in [-0.1, -0.05) is 23.7 Å². The Balaban J connectivity index is 1.62. The first-order valence-electron chi connectivity index (χ1n) is 12.6. The molecule has 0 unspecified atom stereocenters. The SMILES string of the molecule is CN(C)CCNc1nccc(-c2c(-c3ccc(Cl)cc3)n[nH]c2C2CCN(C(=O)OC(C)(C)C)CC2)n1. The molecule has 1 saturated heterocycles. The van der Waals surface area contributed by atoms with Gasteiger partial charge in [0.25, 0.3) is 0 Å². The van der Waals surface area contributed by atoms with Crippen LogP contribution in [0.3, 0.4) is 0 Å². The summed E-state index contributed by atoms with van der Waals surface area (Å²) in [6.45, 7) is 8.51. The van der Waals surface area contributed by atoms with Gasteiger partial charge in [0.2, 0.25) is 5.95 Å². The van der Waals surface area contributed by atoms with E-state index < -0.39 is 5.60 Å². The fourth-order valence-corrected chi connectivity index (χ4v) is 4.50. The van der Waals surface area contributed by atoms with Crippen LogP contribution in [-0.2, 0) is 4.74 Å². The standard InChI is InChI=1S/C27H36ClN7O2/c1-27(2,3)37-26(36)35-15-11-19(12-16-35)24-22(23(32-33-24)18-6-8-20(28)9-7-18)21-10-13-29-25(31-21)30-14-17-34(4)5/h6-10,13,19H,11-12,14-17H2,1-5H3,(H,32,33)(H,29,30,31). The zero-order valence-corrected chi connectivity index (χ0v) is 23.0. The molecule has 0 radical (unpaired) electrons. The largest absolute Gasteiger partial charge is 0.444 e. The number of hydrogen-bond acceptors (Lipinski definition) is 7. The Kier molecular flexibility index (Phi) is 8.34. The van der Waals surface area contributed by atoms with E-state index in [1.54, 1.807) is 11.1 Å². The summed E-state index contributed by atoms with van der Waals surface area (Å²) in [5.41, 5.74) is 4.03. The van der Waals surface area contributed by atoms with Crippen molar-refractivity contribution in [2.45, 2.75) is 45.1 Å². The van der Waals surface area contributed by atoms with Crippen molar-refractivity contribution in [1.29, 1.82) is 0 Å². The first-order chi connectivity index (χ1) is 17.6. The quantitative estimate of drug-likeness (QED) is 0.433. The molecule has 1 amide bonds. The molecular weight excluding hydrogens is 490 g/mol. The van der Waals surface area contributed by atoms with Gasteiger partial charge < -0.3 is 19.9 Å². The molecule has 9 nitrogen and oxygen atoms in total. The predicted octanol–water partition coefficient (Wildman–Crippen LogP) is 5.28. The van der Waals surface area contributed by atoms with Gasteiger partial charge in [-0.3, -0.25) is 5.10 Å². The van der Waals surface area contributed by atoms with Crippen LogP contribution in [0.25, 0.3) is 22.5 Å². The van der Waals surface area contributed by atoms with Crippen LogP contribution in [0.2, 0.25) is 5.02 Å². The molecule has 0 spiro atoms. The maximum atomic E-state index is 12.6. The number of benzene rings is 1. The maximum absolute atomic E-state index is 12.6. The number of piperidine rings is 1. The first-order valence-corrected chi connectivity index (χ1v) is 13.0. The molecule has 2 aromatic heterocycles. The zero-order valence-electron chi connectivity index (χ0n) is 22.2. The van der Waals surface area contributed by atoms with E-state index >= 15 is 0 Å². The van der Waals surface area contributed by atoms with E-state index in [4.69, 9.17) is 26.4 Å². The van der Waals surface area contributed by atoms with E-state index in [9.17, 15) is 4.79 Å². The molecule has 4 rings (SSSR count). The Hall–Kier alpha value is -3.17. The lowest BCUT2D eigenvalue weighted by atomic mass is 9.89. The third-order valence-electron chi connectivity index (χ3n) is 6.22. The average molecular weight is 526 g/mol. The molecule has 1 aliphatic heterocycles. The molecule has 0 bridgehead atoms. The Labute approximate surface area is 223 Å². The Morgan fingerprint density at radius 1 is 1.19 bits per heavy atom. The molecule has 1 aliphatic rings. The minimum atomic E-state index is -0.511. The van der Waals surface area contributed by atoms with E-state index in [0.717, 1.165) is 54.1 Å². The highest BCUT2D eigenvalue weighted by Crippen LogP contribution is 2.39. The van der Waals surface area contributed by atoms with Crippen LogP contribution in [0.4, 0.5) is 10.7 Å². The molecule has 37 heavy (non-hydrogen) atoms. The molecule has 10 heteroatoms. The van der Waals surface area contributed by atoms with Crippen LogP contribution in [-0.4, -0.2) is 81.9 Å². The van der Waals surface area contributed by atoms with Gasteiger partial charge in [0.1, 0.15) is 11.3 Å². The number of rotatable bonds is 7. The number of amides is 1. The van der Waals surface area contributed by atoms with Crippen molar-refractivity contribution in [3.05, 3.63) is 47.2 Å². The summed E-state index contributed by atoms with van der Waals surface area (Å²) in [7, 11) is 4.06. The van der Waals surface area contributed by atoms with E-state index in [0.29, 0.717) is 24.1 Å². The number of likely N-dealkylation sites (N-methyl/N-ethyl adjacent to an activating group) is 1. The van der Waals surface area contributed by atoms with Crippen molar-refractivity contribution in [3.8, 4) is 22.5 Å². The molecule has 3 heterocycles. The highest BCUT2D eigenvalue weighted by Gasteiger charge is 2.31. The summed E-state index contributed by atoms with van der Waals surface area (Å²) in [6.07, 6.45) is 3.11. The number of aromatic amines is 1. The predicted molar refractivity (Wildman–Crippen MR) is 147 cm³/mol. The number of likely N-dealkylation sites (tertiary alicyclic amines) is 1. The molecule has 0 atom stereocenters. The summed E-state index contributed by atoms with van der Waals surface area (Å²) in [6, 6.07) is 9.58. The number of ether oxygens (including phenoxy) is 1. The number of halogens is 1. The fourth-order valence-electron chi connectivity index (χ4n) is 4.38. The van der Waals surface area contributed by atoms with Gasteiger partial charge in [-0.25, -0.2) is 14.8 Å². The number of carbonyl (C=O) groups is 1. The summed E-state index contributed by atoms with van der Waals surface area (Å²) in [4.78, 5) is 25.7. The summed E-state index contributed by atoms with van der Waals surface area (Å²) < 4.78 is 5.57. The minimum Gasteiger partial charge on any atom is -0.444 e. The second kappa shape index (κ2) is 11.5. The Morgan fingerprint density at radius 2 is 1.89 bits per heavy atom. The first kappa shape index (κ1) is 26.9. The summed E-state index contributed by atoms with van der Waals surface area (Å²) in [5.74, 6) is 0.774. The number of carbonyl (C=O) groups excluding carboxylic acids is 1. The van der Waals surface area contributed by atoms with Crippen molar-refractivity contribution in [2.24, 2.45) is 0 Å². The molecule has 2 N–H and O–H groups in total. The van der Waals surface area contributed by atoms with Crippen molar-refractivity contribution < 1.29 is 9.53 Å².